The number of Topliss-reactive ketones (excluding diaryl/α,β-unsaturated/α-hetero) is 1. The molecular formula is C36H39NO8. The number of aryl methyl sites for hydroxylation is 1. The number of rotatable bonds is 17. The zero-order valence-electron chi connectivity index (χ0n) is 25.6. The largest absolute Gasteiger partial charge is 0.507 e. The Bertz CT molecular complexity index is 1680. The Kier molecular flexibility index (Phi) is 11.4. The van der Waals surface area contributed by atoms with Crippen molar-refractivity contribution in [2.45, 2.75) is 58.9 Å². The van der Waals surface area contributed by atoms with Gasteiger partial charge in [0.05, 0.1) is 25.2 Å². The maximum Gasteiger partial charge on any atom is 0.307 e. The number of benzene rings is 3. The van der Waals surface area contributed by atoms with Gasteiger partial charge in [0, 0.05) is 42.0 Å². The van der Waals surface area contributed by atoms with Gasteiger partial charge < -0.3 is 29.4 Å². The third-order valence-electron chi connectivity index (χ3n) is 7.42. The number of hydrogen-bond donors (Lipinski definition) is 3. The van der Waals surface area contributed by atoms with E-state index in [1.807, 2.05) is 72.3 Å². The fourth-order valence-corrected chi connectivity index (χ4v) is 5.31. The third-order valence-corrected chi connectivity index (χ3v) is 7.42. The Morgan fingerprint density at radius 2 is 1.64 bits per heavy atom. The van der Waals surface area contributed by atoms with E-state index >= 15 is 0 Å². The highest BCUT2D eigenvalue weighted by molar-refractivity contribution is 5.97. The molecule has 4 rings (SSSR count). The van der Waals surface area contributed by atoms with Crippen LogP contribution >= 0.6 is 0 Å². The van der Waals surface area contributed by atoms with Crippen LogP contribution in [0.15, 0.2) is 60.8 Å². The second-order valence-corrected chi connectivity index (χ2v) is 10.9. The molecule has 0 fully saturated rings. The van der Waals surface area contributed by atoms with E-state index in [2.05, 4.69) is 0 Å². The lowest BCUT2D eigenvalue weighted by molar-refractivity contribution is -0.137. The lowest BCUT2D eigenvalue weighted by Crippen LogP contribution is -2.07. The summed E-state index contributed by atoms with van der Waals surface area (Å²) in [5, 5.41) is 29.8. The maximum atomic E-state index is 11.8. The fourth-order valence-electron chi connectivity index (χ4n) is 5.31. The molecule has 3 N–H and O–H groups in total. The number of phenolic OH excluding ortho intramolecular Hbond substituents is 1. The van der Waals surface area contributed by atoms with Crippen molar-refractivity contribution < 1.29 is 39.2 Å². The summed E-state index contributed by atoms with van der Waals surface area (Å²) in [6, 6.07) is 16.7. The van der Waals surface area contributed by atoms with Gasteiger partial charge in [0.25, 0.3) is 0 Å². The van der Waals surface area contributed by atoms with E-state index in [0.717, 1.165) is 28.5 Å². The molecule has 0 atom stereocenters. The number of ketones is 1. The maximum absolute atomic E-state index is 11.8. The van der Waals surface area contributed by atoms with Crippen molar-refractivity contribution in [2.24, 2.45) is 0 Å². The van der Waals surface area contributed by atoms with Crippen LogP contribution in [0, 0.1) is 0 Å². The fraction of sp³-hybridized carbons (Fsp3) is 0.306. The molecule has 0 amide bonds. The van der Waals surface area contributed by atoms with Gasteiger partial charge in [0.2, 0.25) is 0 Å². The van der Waals surface area contributed by atoms with Crippen LogP contribution in [0.25, 0.3) is 23.1 Å². The summed E-state index contributed by atoms with van der Waals surface area (Å²) in [4.78, 5) is 34.3. The molecule has 0 saturated carbocycles. The number of fused-ring (bicyclic) bond motifs is 1. The van der Waals surface area contributed by atoms with Gasteiger partial charge in [-0.05, 0) is 66.8 Å². The van der Waals surface area contributed by atoms with Gasteiger partial charge in [0.15, 0.2) is 5.78 Å². The molecule has 4 aromatic rings. The average Bonchev–Trinajstić information content (AvgIpc) is 3.34. The van der Waals surface area contributed by atoms with E-state index in [1.165, 1.54) is 6.92 Å². The number of carbonyl (C=O) groups excluding carboxylic acids is 1. The van der Waals surface area contributed by atoms with Gasteiger partial charge in [0.1, 0.15) is 17.2 Å². The molecule has 9 heteroatoms. The highest BCUT2D eigenvalue weighted by atomic mass is 16.5. The Morgan fingerprint density at radius 3 is 2.33 bits per heavy atom. The molecule has 0 saturated heterocycles. The molecule has 1 aromatic heterocycles. The van der Waals surface area contributed by atoms with Crippen molar-refractivity contribution in [3.05, 3.63) is 88.6 Å². The normalized spacial score (nSPS) is 11.2. The molecule has 45 heavy (non-hydrogen) atoms. The number of hydrogen-bond acceptors (Lipinski definition) is 6. The molecule has 0 aliphatic heterocycles. The van der Waals surface area contributed by atoms with E-state index in [1.54, 1.807) is 12.1 Å². The quantitative estimate of drug-likeness (QED) is 0.0657. The number of aromatic nitrogens is 1. The molecule has 9 nitrogen and oxygen atoms in total. The predicted molar refractivity (Wildman–Crippen MR) is 173 cm³/mol. The van der Waals surface area contributed by atoms with Gasteiger partial charge >= 0.3 is 11.9 Å². The Labute approximate surface area is 262 Å². The van der Waals surface area contributed by atoms with E-state index in [4.69, 9.17) is 14.6 Å². The first kappa shape index (κ1) is 32.9. The first-order chi connectivity index (χ1) is 21.7. The molecule has 0 unspecified atom stereocenters. The highest BCUT2D eigenvalue weighted by Crippen LogP contribution is 2.33. The molecule has 0 aliphatic rings. The van der Waals surface area contributed by atoms with Crippen LogP contribution in [0.4, 0.5) is 0 Å². The van der Waals surface area contributed by atoms with Crippen molar-refractivity contribution in [1.29, 1.82) is 0 Å². The SMILES string of the molecule is CCCc1c(OCCCOc2ccc(C=Cc3cccc4c3c(CC(=O)O)cn4CCCC(=O)O)cc2)ccc(C(C)=O)c1O. The molecule has 0 aliphatic carbocycles. The summed E-state index contributed by atoms with van der Waals surface area (Å²) in [7, 11) is 0. The van der Waals surface area contributed by atoms with Crippen molar-refractivity contribution >= 4 is 40.8 Å². The lowest BCUT2D eigenvalue weighted by Gasteiger charge is -2.15. The van der Waals surface area contributed by atoms with Crippen LogP contribution in [0.2, 0.25) is 0 Å². The van der Waals surface area contributed by atoms with Crippen LogP contribution in [0.5, 0.6) is 17.2 Å². The lowest BCUT2D eigenvalue weighted by atomic mass is 10.0. The minimum Gasteiger partial charge on any atom is -0.507 e. The van der Waals surface area contributed by atoms with Crippen LogP contribution in [-0.4, -0.2) is 50.8 Å². The topological polar surface area (TPSA) is 135 Å². The second-order valence-electron chi connectivity index (χ2n) is 10.9. The Balaban J connectivity index is 1.36. The molecular weight excluding hydrogens is 574 g/mol. The van der Waals surface area contributed by atoms with E-state index in [-0.39, 0.29) is 24.4 Å². The number of carbonyl (C=O) groups is 3. The number of carboxylic acid groups (broad SMARTS) is 2. The molecule has 0 radical (unpaired) electrons. The number of nitrogens with zero attached hydrogens (tertiary/aromatic N) is 1. The van der Waals surface area contributed by atoms with Gasteiger partial charge in [-0.25, -0.2) is 0 Å². The van der Waals surface area contributed by atoms with Gasteiger partial charge in [-0.15, -0.1) is 0 Å². The first-order valence-electron chi connectivity index (χ1n) is 15.1. The molecule has 0 spiro atoms. The van der Waals surface area contributed by atoms with E-state index < -0.39 is 11.9 Å². The summed E-state index contributed by atoms with van der Waals surface area (Å²) >= 11 is 0. The van der Waals surface area contributed by atoms with Crippen LogP contribution in [-0.2, 0) is 29.0 Å². The van der Waals surface area contributed by atoms with Crippen LogP contribution in [0.3, 0.4) is 0 Å². The van der Waals surface area contributed by atoms with Crippen molar-refractivity contribution in [3.63, 3.8) is 0 Å². The molecule has 3 aromatic carbocycles. The van der Waals surface area contributed by atoms with Gasteiger partial charge in [-0.2, -0.15) is 0 Å². The smallest absolute Gasteiger partial charge is 0.307 e. The van der Waals surface area contributed by atoms with Crippen molar-refractivity contribution in [2.75, 3.05) is 13.2 Å². The Hall–Kier alpha value is -5.05. The zero-order chi connectivity index (χ0) is 32.3. The first-order valence-corrected chi connectivity index (χ1v) is 15.1. The summed E-state index contributed by atoms with van der Waals surface area (Å²) in [6.45, 7) is 4.76. The van der Waals surface area contributed by atoms with E-state index in [9.17, 15) is 24.6 Å². The molecule has 236 valence electrons. The molecule has 1 heterocycles. The second kappa shape index (κ2) is 15.6. The van der Waals surface area contributed by atoms with Crippen molar-refractivity contribution in [1.82, 2.24) is 4.57 Å². The molecule has 0 bridgehead atoms. The van der Waals surface area contributed by atoms with E-state index in [0.29, 0.717) is 67.2 Å². The Morgan fingerprint density at radius 1 is 0.889 bits per heavy atom. The van der Waals surface area contributed by atoms with Gasteiger partial charge in [-0.3, -0.25) is 14.4 Å². The predicted octanol–water partition coefficient (Wildman–Crippen LogP) is 7.01. The highest BCUT2D eigenvalue weighted by Gasteiger charge is 2.16. The number of carboxylic acids is 2. The van der Waals surface area contributed by atoms with Crippen LogP contribution in [0.1, 0.15) is 72.1 Å². The standard InChI is InChI=1S/C36H39NO8/c1-3-7-30-32(18-17-29(24(2)38)36(30)43)45-21-6-20-44-28-15-12-25(13-16-28)11-14-26-8-4-9-31-35(26)27(22-34(41)42)23-37(31)19-5-10-33(39)40/h4,8-9,11-18,23,43H,3,5-7,10,19-22H2,1-2H3,(H,39,40)(H,41,42). The van der Waals surface area contributed by atoms with Crippen molar-refractivity contribution in [3.8, 4) is 17.2 Å². The summed E-state index contributed by atoms with van der Waals surface area (Å²) in [5.74, 6) is -0.680. The minimum absolute atomic E-state index is 0.00369. The van der Waals surface area contributed by atoms with Crippen LogP contribution < -0.4 is 9.47 Å². The number of aliphatic carboxylic acids is 2. The average molecular weight is 614 g/mol. The number of aromatic hydroxyl groups is 1. The number of phenols is 1. The monoisotopic (exact) mass is 613 g/mol. The minimum atomic E-state index is -0.926. The summed E-state index contributed by atoms with van der Waals surface area (Å²) < 4.78 is 13.7. The third kappa shape index (κ3) is 8.75. The van der Waals surface area contributed by atoms with Gasteiger partial charge in [-0.1, -0.05) is 49.8 Å². The number of ether oxygens (including phenoxy) is 2. The zero-order valence-corrected chi connectivity index (χ0v) is 25.6. The summed E-state index contributed by atoms with van der Waals surface area (Å²) in [6.07, 6.45) is 8.14. The summed E-state index contributed by atoms with van der Waals surface area (Å²) in [5.41, 5.74) is 4.34.